The summed E-state index contributed by atoms with van der Waals surface area (Å²) in [5, 5.41) is 2.80. The van der Waals surface area contributed by atoms with Gasteiger partial charge in [-0.25, -0.2) is 4.79 Å². The van der Waals surface area contributed by atoms with Crippen molar-refractivity contribution in [2.24, 2.45) is 0 Å². The van der Waals surface area contributed by atoms with E-state index in [1.807, 2.05) is 12.1 Å². The van der Waals surface area contributed by atoms with Crippen molar-refractivity contribution < 1.29 is 14.3 Å². The minimum atomic E-state index is -0.436. The minimum Gasteiger partial charge on any atom is -0.462 e. The largest absolute Gasteiger partial charge is 0.462 e. The van der Waals surface area contributed by atoms with Crippen molar-refractivity contribution in [3.05, 3.63) is 59.7 Å². The molecule has 0 aliphatic rings. The highest BCUT2D eigenvalue weighted by Crippen LogP contribution is 2.26. The normalized spacial score (nSPS) is 11.1. The first kappa shape index (κ1) is 20.0. The highest BCUT2D eigenvalue weighted by atomic mass is 32.2. The summed E-state index contributed by atoms with van der Waals surface area (Å²) in [6.07, 6.45) is 0. The molecule has 2 rings (SSSR count). The Hall–Kier alpha value is -2.27. The number of thioether (sulfide) groups is 1. The molecule has 0 bridgehead atoms. The number of carbonyl (C=O) groups is 2. The summed E-state index contributed by atoms with van der Waals surface area (Å²) >= 11 is 1.46. The molecule has 26 heavy (non-hydrogen) atoms. The van der Waals surface area contributed by atoms with E-state index in [2.05, 4.69) is 38.2 Å². The van der Waals surface area contributed by atoms with Crippen molar-refractivity contribution in [1.82, 2.24) is 0 Å². The van der Waals surface area contributed by atoms with Crippen LogP contribution in [0.4, 0.5) is 5.69 Å². The van der Waals surface area contributed by atoms with E-state index in [1.165, 1.54) is 17.3 Å². The Morgan fingerprint density at radius 1 is 1.04 bits per heavy atom. The van der Waals surface area contributed by atoms with Crippen LogP contribution in [-0.2, 0) is 14.9 Å². The van der Waals surface area contributed by atoms with E-state index < -0.39 is 5.97 Å². The monoisotopic (exact) mass is 371 g/mol. The van der Waals surface area contributed by atoms with E-state index in [1.54, 1.807) is 31.2 Å². The van der Waals surface area contributed by atoms with Gasteiger partial charge in [-0.15, -0.1) is 11.8 Å². The maximum absolute atomic E-state index is 12.3. The van der Waals surface area contributed by atoms with Crippen LogP contribution in [0.2, 0.25) is 0 Å². The summed E-state index contributed by atoms with van der Waals surface area (Å²) < 4.78 is 5.02. The molecule has 5 heteroatoms. The number of hydrogen-bond donors (Lipinski definition) is 1. The summed E-state index contributed by atoms with van der Waals surface area (Å²) in [6.45, 7) is 8.55. The van der Waals surface area contributed by atoms with Gasteiger partial charge in [-0.05, 0) is 42.2 Å². The summed E-state index contributed by atoms with van der Waals surface area (Å²) in [7, 11) is 0. The number of amides is 1. The highest BCUT2D eigenvalue weighted by Gasteiger charge is 2.15. The lowest BCUT2D eigenvalue weighted by atomic mass is 9.87. The number of ether oxygens (including phenoxy) is 1. The van der Waals surface area contributed by atoms with Gasteiger partial charge < -0.3 is 10.1 Å². The molecule has 0 aromatic heterocycles. The van der Waals surface area contributed by atoms with Crippen LogP contribution in [0.25, 0.3) is 0 Å². The number of hydrogen-bond acceptors (Lipinski definition) is 4. The molecule has 2 aromatic rings. The summed E-state index contributed by atoms with van der Waals surface area (Å²) in [5.41, 5.74) is 2.20. The van der Waals surface area contributed by atoms with Crippen molar-refractivity contribution in [3.63, 3.8) is 0 Å². The molecule has 138 valence electrons. The first-order valence-corrected chi connectivity index (χ1v) is 9.59. The zero-order valence-electron chi connectivity index (χ0n) is 15.7. The molecule has 0 unspecified atom stereocenters. The second kappa shape index (κ2) is 8.90. The Bertz CT molecular complexity index is 764. The smallest absolute Gasteiger partial charge is 0.340 e. The Balaban J connectivity index is 1.96. The lowest BCUT2D eigenvalue weighted by molar-refractivity contribution is -0.113. The van der Waals surface area contributed by atoms with Gasteiger partial charge in [0.25, 0.3) is 0 Å². The molecular weight excluding hydrogens is 346 g/mol. The summed E-state index contributed by atoms with van der Waals surface area (Å²) in [5.74, 6) is -0.327. The maximum atomic E-state index is 12.3. The minimum absolute atomic E-state index is 0.109. The van der Waals surface area contributed by atoms with E-state index in [0.717, 1.165) is 4.90 Å². The van der Waals surface area contributed by atoms with Crippen LogP contribution in [0.15, 0.2) is 53.4 Å². The van der Waals surface area contributed by atoms with E-state index >= 15 is 0 Å². The third-order valence-corrected chi connectivity index (χ3v) is 4.80. The average molecular weight is 372 g/mol. The zero-order valence-corrected chi connectivity index (χ0v) is 16.5. The van der Waals surface area contributed by atoms with Gasteiger partial charge in [-0.2, -0.15) is 0 Å². The average Bonchev–Trinajstić information content (AvgIpc) is 2.60. The molecule has 0 fully saturated rings. The van der Waals surface area contributed by atoms with Crippen molar-refractivity contribution >= 4 is 29.3 Å². The number of anilines is 1. The van der Waals surface area contributed by atoms with Crippen LogP contribution in [0.5, 0.6) is 0 Å². The molecule has 0 saturated carbocycles. The first-order chi connectivity index (χ1) is 12.3. The van der Waals surface area contributed by atoms with Crippen LogP contribution in [-0.4, -0.2) is 24.2 Å². The lowest BCUT2D eigenvalue weighted by Crippen LogP contribution is -2.17. The number of esters is 1. The molecule has 0 heterocycles. The fraction of sp³-hybridized carbons (Fsp3) is 0.333. The third kappa shape index (κ3) is 5.63. The zero-order chi connectivity index (χ0) is 19.2. The van der Waals surface area contributed by atoms with Crippen molar-refractivity contribution in [2.75, 3.05) is 17.7 Å². The topological polar surface area (TPSA) is 55.4 Å². The van der Waals surface area contributed by atoms with Gasteiger partial charge >= 0.3 is 5.97 Å². The van der Waals surface area contributed by atoms with Gasteiger partial charge in [0.1, 0.15) is 0 Å². The molecule has 4 nitrogen and oxygen atoms in total. The second-order valence-corrected chi connectivity index (χ2v) is 7.93. The van der Waals surface area contributed by atoms with Crippen molar-refractivity contribution in [1.29, 1.82) is 0 Å². The Labute approximate surface area is 159 Å². The van der Waals surface area contributed by atoms with E-state index in [4.69, 9.17) is 4.74 Å². The van der Waals surface area contributed by atoms with Gasteiger partial charge in [0.15, 0.2) is 0 Å². The standard InChI is InChI=1S/C21H25NO3S/c1-5-25-20(24)17-8-6-7-9-18(17)22-19(23)14-26-16-12-10-15(11-13-16)21(2,3)4/h6-13H,5,14H2,1-4H3,(H,22,23). The molecule has 0 spiro atoms. The number of rotatable bonds is 6. The molecule has 0 radical (unpaired) electrons. The van der Waals surface area contributed by atoms with Crippen molar-refractivity contribution in [2.45, 2.75) is 38.0 Å². The molecule has 0 aliphatic heterocycles. The van der Waals surface area contributed by atoms with Gasteiger partial charge in [0, 0.05) is 4.90 Å². The van der Waals surface area contributed by atoms with Crippen LogP contribution in [0, 0.1) is 0 Å². The molecule has 0 atom stereocenters. The number of para-hydroxylation sites is 1. The molecule has 1 amide bonds. The Morgan fingerprint density at radius 3 is 2.31 bits per heavy atom. The summed E-state index contributed by atoms with van der Waals surface area (Å²) in [4.78, 5) is 25.3. The van der Waals surface area contributed by atoms with Gasteiger partial charge in [-0.1, -0.05) is 45.0 Å². The number of nitrogens with one attached hydrogen (secondary N) is 1. The first-order valence-electron chi connectivity index (χ1n) is 8.60. The second-order valence-electron chi connectivity index (χ2n) is 6.88. The Kier molecular flexibility index (Phi) is 6.86. The molecule has 0 saturated heterocycles. The van der Waals surface area contributed by atoms with Crippen LogP contribution in [0.1, 0.15) is 43.6 Å². The van der Waals surface area contributed by atoms with Crippen LogP contribution >= 0.6 is 11.8 Å². The van der Waals surface area contributed by atoms with Crippen LogP contribution < -0.4 is 5.32 Å². The van der Waals surface area contributed by atoms with Gasteiger partial charge in [-0.3, -0.25) is 4.79 Å². The predicted octanol–water partition coefficient (Wildman–Crippen LogP) is 4.89. The fourth-order valence-corrected chi connectivity index (χ4v) is 3.06. The predicted molar refractivity (Wildman–Crippen MR) is 107 cm³/mol. The quantitative estimate of drug-likeness (QED) is 0.580. The molecule has 1 N–H and O–H groups in total. The molecular formula is C21H25NO3S. The van der Waals surface area contributed by atoms with E-state index in [0.29, 0.717) is 17.9 Å². The van der Waals surface area contributed by atoms with E-state index in [-0.39, 0.29) is 17.1 Å². The fourth-order valence-electron chi connectivity index (χ4n) is 2.37. The van der Waals surface area contributed by atoms with E-state index in [9.17, 15) is 9.59 Å². The SMILES string of the molecule is CCOC(=O)c1ccccc1NC(=O)CSc1ccc(C(C)(C)C)cc1. The van der Waals surface area contributed by atoms with Gasteiger partial charge in [0.2, 0.25) is 5.91 Å². The summed E-state index contributed by atoms with van der Waals surface area (Å²) in [6, 6.07) is 15.1. The Morgan fingerprint density at radius 2 is 1.69 bits per heavy atom. The highest BCUT2D eigenvalue weighted by molar-refractivity contribution is 8.00. The van der Waals surface area contributed by atoms with Crippen molar-refractivity contribution in [3.8, 4) is 0 Å². The number of carbonyl (C=O) groups excluding carboxylic acids is 2. The maximum Gasteiger partial charge on any atom is 0.340 e. The van der Waals surface area contributed by atoms with Crippen LogP contribution in [0.3, 0.4) is 0 Å². The lowest BCUT2D eigenvalue weighted by Gasteiger charge is -2.19. The third-order valence-electron chi connectivity index (χ3n) is 3.79. The molecule has 2 aromatic carbocycles. The van der Waals surface area contributed by atoms with Gasteiger partial charge in [0.05, 0.1) is 23.6 Å². The molecule has 0 aliphatic carbocycles. The number of benzene rings is 2.